The van der Waals surface area contributed by atoms with E-state index in [-0.39, 0.29) is 17.4 Å². The number of phenols is 1. The molecule has 0 saturated heterocycles. The predicted molar refractivity (Wildman–Crippen MR) is 67.8 cm³/mol. The summed E-state index contributed by atoms with van der Waals surface area (Å²) in [5.41, 5.74) is 1.94. The van der Waals surface area contributed by atoms with Crippen LogP contribution in [0, 0.1) is 0 Å². The number of rotatable bonds is 2. The molecule has 0 atom stereocenters. The normalized spacial score (nSPS) is 10.8. The summed E-state index contributed by atoms with van der Waals surface area (Å²) in [6, 6.07) is 12.4. The van der Waals surface area contributed by atoms with Crippen LogP contribution in [0.1, 0.15) is 25.3 Å². The molecule has 2 rings (SSSR count). The second kappa shape index (κ2) is 4.50. The molecule has 0 aliphatic carbocycles. The van der Waals surface area contributed by atoms with E-state index in [9.17, 15) is 10.2 Å². The Morgan fingerprint density at radius 3 is 2.24 bits per heavy atom. The fourth-order valence-corrected chi connectivity index (χ4v) is 1.92. The Bertz CT molecular complexity index is 530. The van der Waals surface area contributed by atoms with Crippen molar-refractivity contribution in [2.45, 2.75) is 19.8 Å². The van der Waals surface area contributed by atoms with Gasteiger partial charge in [0, 0.05) is 16.7 Å². The minimum Gasteiger partial charge on any atom is -0.507 e. The van der Waals surface area contributed by atoms with Gasteiger partial charge >= 0.3 is 0 Å². The van der Waals surface area contributed by atoms with Crippen molar-refractivity contribution in [3.05, 3.63) is 48.0 Å². The molecule has 0 spiro atoms. The van der Waals surface area contributed by atoms with Crippen LogP contribution in [0.5, 0.6) is 11.5 Å². The van der Waals surface area contributed by atoms with Gasteiger partial charge in [-0.1, -0.05) is 50.2 Å². The maximum Gasteiger partial charge on any atom is 0.190 e. The molecule has 0 bridgehead atoms. The molecule has 2 aromatic carbocycles. The van der Waals surface area contributed by atoms with Crippen LogP contribution in [0.2, 0.25) is 0 Å². The van der Waals surface area contributed by atoms with Gasteiger partial charge in [-0.25, -0.2) is 0 Å². The molecule has 0 heterocycles. The number of hydrogen-bond donors (Lipinski definition) is 1. The molecule has 0 unspecified atom stereocenters. The van der Waals surface area contributed by atoms with Crippen molar-refractivity contribution in [2.75, 3.05) is 0 Å². The Morgan fingerprint density at radius 1 is 0.941 bits per heavy atom. The molecule has 0 amide bonds. The number of hydrogen-bond acceptors (Lipinski definition) is 1. The van der Waals surface area contributed by atoms with Crippen molar-refractivity contribution in [3.63, 3.8) is 0 Å². The lowest BCUT2D eigenvalue weighted by Crippen LogP contribution is -1.89. The summed E-state index contributed by atoms with van der Waals surface area (Å²) in [7, 11) is 0. The smallest absolute Gasteiger partial charge is 0.190 e. The standard InChI is InChI=1S/C15H15O2/c1-10(2)11-7-5-8-13(15(11)17)12-6-3-4-9-14(12)16/h3-10,16H,1-2H3. The number of benzene rings is 2. The molecule has 0 aliphatic heterocycles. The van der Waals surface area contributed by atoms with E-state index in [1.807, 2.05) is 32.0 Å². The first-order valence-electron chi connectivity index (χ1n) is 5.69. The van der Waals surface area contributed by atoms with Crippen LogP contribution in [0.15, 0.2) is 42.5 Å². The van der Waals surface area contributed by atoms with E-state index < -0.39 is 0 Å². The van der Waals surface area contributed by atoms with Crippen molar-refractivity contribution in [1.29, 1.82) is 0 Å². The average Bonchev–Trinajstić information content (AvgIpc) is 2.30. The molecule has 1 N–H and O–H groups in total. The molecule has 0 saturated carbocycles. The Labute approximate surface area is 101 Å². The van der Waals surface area contributed by atoms with Crippen LogP contribution in [-0.4, -0.2) is 5.11 Å². The van der Waals surface area contributed by atoms with Crippen molar-refractivity contribution in [2.24, 2.45) is 0 Å². The van der Waals surface area contributed by atoms with Gasteiger partial charge in [0.1, 0.15) is 5.75 Å². The summed E-state index contributed by atoms with van der Waals surface area (Å²) in [6.07, 6.45) is 0. The van der Waals surface area contributed by atoms with E-state index in [0.717, 1.165) is 5.56 Å². The van der Waals surface area contributed by atoms with E-state index in [1.165, 1.54) is 0 Å². The van der Waals surface area contributed by atoms with Gasteiger partial charge in [-0.3, -0.25) is 5.11 Å². The van der Waals surface area contributed by atoms with Gasteiger partial charge in [-0.2, -0.15) is 0 Å². The first-order valence-corrected chi connectivity index (χ1v) is 5.69. The SMILES string of the molecule is CC(C)c1cccc(-c2ccccc2O)c1[O]. The third kappa shape index (κ3) is 2.11. The summed E-state index contributed by atoms with van der Waals surface area (Å²) >= 11 is 0. The Kier molecular flexibility index (Phi) is 3.05. The third-order valence-corrected chi connectivity index (χ3v) is 2.86. The molecule has 0 aromatic heterocycles. The zero-order chi connectivity index (χ0) is 12.4. The summed E-state index contributed by atoms with van der Waals surface area (Å²) in [6.45, 7) is 3.98. The second-order valence-electron chi connectivity index (χ2n) is 4.40. The molecule has 2 heteroatoms. The van der Waals surface area contributed by atoms with Gasteiger partial charge in [0.05, 0.1) is 0 Å². The lowest BCUT2D eigenvalue weighted by atomic mass is 9.95. The van der Waals surface area contributed by atoms with Crippen LogP contribution >= 0.6 is 0 Å². The first kappa shape index (κ1) is 11.5. The van der Waals surface area contributed by atoms with Crippen LogP contribution in [0.3, 0.4) is 0 Å². The van der Waals surface area contributed by atoms with Gasteiger partial charge in [0.15, 0.2) is 5.75 Å². The maximum absolute atomic E-state index is 12.3. The molecule has 87 valence electrons. The van der Waals surface area contributed by atoms with E-state index in [1.54, 1.807) is 24.3 Å². The summed E-state index contributed by atoms with van der Waals surface area (Å²) in [4.78, 5) is 0. The van der Waals surface area contributed by atoms with Gasteiger partial charge in [0.2, 0.25) is 0 Å². The summed E-state index contributed by atoms with van der Waals surface area (Å²) in [5.74, 6) is 0.336. The molecule has 1 radical (unpaired) electrons. The lowest BCUT2D eigenvalue weighted by molar-refractivity contribution is 0.349. The van der Waals surface area contributed by atoms with E-state index >= 15 is 0 Å². The highest BCUT2D eigenvalue weighted by Crippen LogP contribution is 2.39. The quantitative estimate of drug-likeness (QED) is 0.815. The van der Waals surface area contributed by atoms with Gasteiger partial charge < -0.3 is 5.11 Å². The minimum atomic E-state index is 0.00370. The molecule has 2 aromatic rings. The molecular formula is C15H15O2. The highest BCUT2D eigenvalue weighted by Gasteiger charge is 2.15. The van der Waals surface area contributed by atoms with Crippen molar-refractivity contribution in [1.82, 2.24) is 0 Å². The highest BCUT2D eigenvalue weighted by molar-refractivity contribution is 5.76. The summed E-state index contributed by atoms with van der Waals surface area (Å²) < 4.78 is 0. The molecule has 0 fully saturated rings. The molecular weight excluding hydrogens is 212 g/mol. The zero-order valence-corrected chi connectivity index (χ0v) is 9.97. The fourth-order valence-electron chi connectivity index (χ4n) is 1.92. The number of aromatic hydroxyl groups is 1. The fraction of sp³-hybridized carbons (Fsp3) is 0.200. The Morgan fingerprint density at radius 2 is 1.59 bits per heavy atom. The third-order valence-electron chi connectivity index (χ3n) is 2.86. The van der Waals surface area contributed by atoms with Crippen LogP contribution in [0.25, 0.3) is 11.1 Å². The van der Waals surface area contributed by atoms with Crippen molar-refractivity contribution >= 4 is 0 Å². The predicted octanol–water partition coefficient (Wildman–Crippen LogP) is 4.33. The Balaban J connectivity index is 2.61. The van der Waals surface area contributed by atoms with Crippen molar-refractivity contribution in [3.8, 4) is 22.6 Å². The average molecular weight is 227 g/mol. The van der Waals surface area contributed by atoms with Gasteiger partial charge in [-0.15, -0.1) is 0 Å². The van der Waals surface area contributed by atoms with E-state index in [4.69, 9.17) is 0 Å². The minimum absolute atomic E-state index is 0.00370. The van der Waals surface area contributed by atoms with Crippen LogP contribution < -0.4 is 0 Å². The number of para-hydroxylation sites is 2. The maximum atomic E-state index is 12.3. The van der Waals surface area contributed by atoms with Gasteiger partial charge in [0.25, 0.3) is 0 Å². The van der Waals surface area contributed by atoms with E-state index in [0.29, 0.717) is 11.1 Å². The topological polar surface area (TPSA) is 40.1 Å². The monoisotopic (exact) mass is 227 g/mol. The van der Waals surface area contributed by atoms with E-state index in [2.05, 4.69) is 0 Å². The Hall–Kier alpha value is -1.96. The van der Waals surface area contributed by atoms with Crippen molar-refractivity contribution < 1.29 is 10.2 Å². The molecule has 0 aliphatic rings. The lowest BCUT2D eigenvalue weighted by Gasteiger charge is -2.11. The first-order chi connectivity index (χ1) is 8.11. The van der Waals surface area contributed by atoms with Crippen LogP contribution in [0.4, 0.5) is 0 Å². The largest absolute Gasteiger partial charge is 0.507 e. The number of phenolic OH excluding ortho intramolecular Hbond substituents is 1. The highest BCUT2D eigenvalue weighted by atomic mass is 16.3. The van der Waals surface area contributed by atoms with Crippen LogP contribution in [-0.2, 0) is 5.11 Å². The zero-order valence-electron chi connectivity index (χ0n) is 9.97. The molecule has 17 heavy (non-hydrogen) atoms. The van der Waals surface area contributed by atoms with Gasteiger partial charge in [-0.05, 0) is 12.0 Å². The summed E-state index contributed by atoms with van der Waals surface area (Å²) in [5, 5.41) is 22.0. The second-order valence-corrected chi connectivity index (χ2v) is 4.40. The molecule has 2 nitrogen and oxygen atoms in total.